The summed E-state index contributed by atoms with van der Waals surface area (Å²) in [6, 6.07) is 0.544. The second-order valence-electron chi connectivity index (χ2n) is 5.95. The van der Waals surface area contributed by atoms with Crippen LogP contribution in [0.3, 0.4) is 0 Å². The number of hydrogen-bond acceptors (Lipinski definition) is 3. The molecule has 116 valence electrons. The highest BCUT2D eigenvalue weighted by molar-refractivity contribution is 4.65. The second kappa shape index (κ2) is 12.9. The van der Waals surface area contributed by atoms with Crippen LogP contribution in [0.5, 0.6) is 0 Å². The molecular weight excluding hydrogens is 236 g/mol. The maximum atomic E-state index is 5.23. The lowest BCUT2D eigenvalue weighted by Crippen LogP contribution is -2.36. The van der Waals surface area contributed by atoms with Crippen molar-refractivity contribution in [1.29, 1.82) is 0 Å². The van der Waals surface area contributed by atoms with Gasteiger partial charge in [0.05, 0.1) is 6.61 Å². The van der Waals surface area contributed by atoms with Crippen molar-refractivity contribution < 1.29 is 4.74 Å². The Morgan fingerprint density at radius 2 is 1.74 bits per heavy atom. The Hall–Kier alpha value is -0.120. The molecule has 0 aromatic rings. The number of hydrogen-bond donors (Lipinski definition) is 1. The van der Waals surface area contributed by atoms with E-state index in [-0.39, 0.29) is 0 Å². The van der Waals surface area contributed by atoms with Crippen molar-refractivity contribution in [3.05, 3.63) is 0 Å². The standard InChI is InChI=1S/C16H36N2O/c1-6-18(16(4)14-19-5)12-10-8-7-9-11-17-13-15(2)3/h15-17H,6-14H2,1-5H3. The number of nitrogens with one attached hydrogen (secondary N) is 1. The zero-order valence-electron chi connectivity index (χ0n) is 13.9. The minimum absolute atomic E-state index is 0.544. The van der Waals surface area contributed by atoms with Crippen LogP contribution >= 0.6 is 0 Å². The third-order valence-corrected chi connectivity index (χ3v) is 3.54. The quantitative estimate of drug-likeness (QED) is 0.521. The Morgan fingerprint density at radius 3 is 2.32 bits per heavy atom. The van der Waals surface area contributed by atoms with Crippen LogP contribution in [0.25, 0.3) is 0 Å². The van der Waals surface area contributed by atoms with Gasteiger partial charge in [0.1, 0.15) is 0 Å². The molecule has 0 saturated carbocycles. The topological polar surface area (TPSA) is 24.5 Å². The van der Waals surface area contributed by atoms with Gasteiger partial charge in [0, 0.05) is 13.2 Å². The molecule has 1 N–H and O–H groups in total. The molecule has 0 aliphatic heterocycles. The van der Waals surface area contributed by atoms with Crippen LogP contribution in [0.2, 0.25) is 0 Å². The van der Waals surface area contributed by atoms with E-state index in [9.17, 15) is 0 Å². The maximum Gasteiger partial charge on any atom is 0.0615 e. The van der Waals surface area contributed by atoms with Crippen molar-refractivity contribution in [2.75, 3.05) is 39.9 Å². The van der Waals surface area contributed by atoms with Gasteiger partial charge in [-0.15, -0.1) is 0 Å². The van der Waals surface area contributed by atoms with Crippen molar-refractivity contribution in [2.45, 2.75) is 59.4 Å². The van der Waals surface area contributed by atoms with E-state index in [4.69, 9.17) is 4.74 Å². The number of nitrogens with zero attached hydrogens (tertiary/aromatic N) is 1. The number of likely N-dealkylation sites (N-methyl/N-ethyl adjacent to an activating group) is 1. The van der Waals surface area contributed by atoms with E-state index in [1.165, 1.54) is 38.8 Å². The molecule has 0 rings (SSSR count). The molecule has 3 heteroatoms. The summed E-state index contributed by atoms with van der Waals surface area (Å²) in [6.45, 7) is 14.5. The number of methoxy groups -OCH3 is 1. The third-order valence-electron chi connectivity index (χ3n) is 3.54. The van der Waals surface area contributed by atoms with E-state index in [0.29, 0.717) is 6.04 Å². The van der Waals surface area contributed by atoms with Gasteiger partial charge in [-0.05, 0) is 51.9 Å². The lowest BCUT2D eigenvalue weighted by atomic mass is 10.1. The van der Waals surface area contributed by atoms with Crippen LogP contribution in [-0.4, -0.2) is 50.8 Å². The first-order valence-electron chi connectivity index (χ1n) is 8.05. The van der Waals surface area contributed by atoms with E-state index >= 15 is 0 Å². The summed E-state index contributed by atoms with van der Waals surface area (Å²) in [5.41, 5.74) is 0. The summed E-state index contributed by atoms with van der Waals surface area (Å²) in [4.78, 5) is 2.51. The zero-order valence-corrected chi connectivity index (χ0v) is 13.9. The van der Waals surface area contributed by atoms with Crippen LogP contribution in [0.1, 0.15) is 53.4 Å². The predicted molar refractivity (Wildman–Crippen MR) is 84.8 cm³/mol. The minimum atomic E-state index is 0.544. The molecule has 0 bridgehead atoms. The lowest BCUT2D eigenvalue weighted by molar-refractivity contribution is 0.101. The Kier molecular flexibility index (Phi) is 12.8. The fraction of sp³-hybridized carbons (Fsp3) is 1.00. The Bertz CT molecular complexity index is 186. The molecule has 0 aromatic heterocycles. The van der Waals surface area contributed by atoms with E-state index < -0.39 is 0 Å². The van der Waals surface area contributed by atoms with Gasteiger partial charge in [-0.2, -0.15) is 0 Å². The van der Waals surface area contributed by atoms with Crippen LogP contribution < -0.4 is 5.32 Å². The first-order valence-corrected chi connectivity index (χ1v) is 8.05. The summed E-state index contributed by atoms with van der Waals surface area (Å²) < 4.78 is 5.23. The molecule has 0 fully saturated rings. The lowest BCUT2D eigenvalue weighted by Gasteiger charge is -2.27. The molecule has 0 aromatic carbocycles. The third kappa shape index (κ3) is 11.4. The SMILES string of the molecule is CCN(CCCCCCNCC(C)C)C(C)COC. The number of ether oxygens (including phenoxy) is 1. The molecule has 0 radical (unpaired) electrons. The Labute approximate surface area is 121 Å². The van der Waals surface area contributed by atoms with Crippen LogP contribution in [0.15, 0.2) is 0 Å². The van der Waals surface area contributed by atoms with E-state index in [2.05, 4.69) is 37.9 Å². The van der Waals surface area contributed by atoms with Gasteiger partial charge in [0.15, 0.2) is 0 Å². The number of rotatable bonds is 13. The molecule has 0 aliphatic rings. The highest BCUT2D eigenvalue weighted by Gasteiger charge is 2.10. The van der Waals surface area contributed by atoms with Gasteiger partial charge in [0.25, 0.3) is 0 Å². The molecule has 3 nitrogen and oxygen atoms in total. The average molecular weight is 272 g/mol. The highest BCUT2D eigenvalue weighted by atomic mass is 16.5. The summed E-state index contributed by atoms with van der Waals surface area (Å²) in [5.74, 6) is 0.764. The molecule has 1 unspecified atom stereocenters. The van der Waals surface area contributed by atoms with Gasteiger partial charge in [-0.1, -0.05) is 33.6 Å². The number of unbranched alkanes of at least 4 members (excludes halogenated alkanes) is 3. The van der Waals surface area contributed by atoms with Gasteiger partial charge >= 0.3 is 0 Å². The van der Waals surface area contributed by atoms with Gasteiger partial charge in [-0.3, -0.25) is 4.90 Å². The fourth-order valence-corrected chi connectivity index (χ4v) is 2.35. The highest BCUT2D eigenvalue weighted by Crippen LogP contribution is 2.05. The van der Waals surface area contributed by atoms with Gasteiger partial charge < -0.3 is 10.1 Å². The average Bonchev–Trinajstić information content (AvgIpc) is 2.37. The van der Waals surface area contributed by atoms with Crippen LogP contribution in [0.4, 0.5) is 0 Å². The molecule has 19 heavy (non-hydrogen) atoms. The predicted octanol–water partition coefficient (Wildman–Crippen LogP) is 3.15. The smallest absolute Gasteiger partial charge is 0.0615 e. The normalized spacial score (nSPS) is 13.4. The van der Waals surface area contributed by atoms with E-state index in [0.717, 1.165) is 25.6 Å². The van der Waals surface area contributed by atoms with Crippen molar-refractivity contribution in [3.8, 4) is 0 Å². The zero-order chi connectivity index (χ0) is 14.5. The van der Waals surface area contributed by atoms with E-state index in [1.807, 2.05) is 0 Å². The molecule has 0 aliphatic carbocycles. The van der Waals surface area contributed by atoms with Crippen molar-refractivity contribution in [1.82, 2.24) is 10.2 Å². The summed E-state index contributed by atoms with van der Waals surface area (Å²) >= 11 is 0. The minimum Gasteiger partial charge on any atom is -0.383 e. The second-order valence-corrected chi connectivity index (χ2v) is 5.95. The monoisotopic (exact) mass is 272 g/mol. The molecule has 0 spiro atoms. The molecule has 0 amide bonds. The van der Waals surface area contributed by atoms with Gasteiger partial charge in [-0.25, -0.2) is 0 Å². The summed E-state index contributed by atoms with van der Waals surface area (Å²) in [5, 5.41) is 3.50. The first-order chi connectivity index (χ1) is 9.11. The van der Waals surface area contributed by atoms with Crippen molar-refractivity contribution in [3.63, 3.8) is 0 Å². The summed E-state index contributed by atoms with van der Waals surface area (Å²) in [6.07, 6.45) is 5.32. The summed E-state index contributed by atoms with van der Waals surface area (Å²) in [7, 11) is 1.79. The molecule has 0 heterocycles. The van der Waals surface area contributed by atoms with Crippen molar-refractivity contribution in [2.24, 2.45) is 5.92 Å². The van der Waals surface area contributed by atoms with Crippen molar-refractivity contribution >= 4 is 0 Å². The maximum absolute atomic E-state index is 5.23. The van der Waals surface area contributed by atoms with E-state index in [1.54, 1.807) is 7.11 Å². The first kappa shape index (κ1) is 18.9. The van der Waals surface area contributed by atoms with Crippen LogP contribution in [0, 0.1) is 5.92 Å². The molecule has 1 atom stereocenters. The Balaban J connectivity index is 3.41. The molecular formula is C16H36N2O. The molecule has 0 saturated heterocycles. The van der Waals surface area contributed by atoms with Crippen LogP contribution in [-0.2, 0) is 4.74 Å². The van der Waals surface area contributed by atoms with Gasteiger partial charge in [0.2, 0.25) is 0 Å². The largest absolute Gasteiger partial charge is 0.383 e. The Morgan fingerprint density at radius 1 is 1.05 bits per heavy atom. The fourth-order valence-electron chi connectivity index (χ4n) is 2.35.